The number of nitro benzene ring substituents is 1. The molecule has 2 N–H and O–H groups in total. The number of carbonyl (C=O) groups is 1. The maximum absolute atomic E-state index is 12.4. The third kappa shape index (κ3) is 4.27. The fraction of sp³-hybridized carbons (Fsp3) is 0.438. The van der Waals surface area contributed by atoms with Gasteiger partial charge in [0.1, 0.15) is 18.0 Å². The zero-order valence-corrected chi connectivity index (χ0v) is 15.1. The maximum atomic E-state index is 12.4. The van der Waals surface area contributed by atoms with Crippen molar-refractivity contribution in [2.45, 2.75) is 6.42 Å². The van der Waals surface area contributed by atoms with Crippen molar-refractivity contribution >= 4 is 44.6 Å². The first-order valence-electron chi connectivity index (χ1n) is 8.12. The second-order valence-corrected chi connectivity index (χ2v) is 7.33. The number of morpholine rings is 1. The molecule has 1 fully saturated rings. The van der Waals surface area contributed by atoms with Crippen LogP contribution in [-0.2, 0) is 4.74 Å². The average Bonchev–Trinajstić information content (AvgIpc) is 2.96. The Morgan fingerprint density at radius 2 is 2.16 bits per heavy atom. The smallest absolute Gasteiger partial charge is 0.270 e. The molecule has 0 bridgehead atoms. The molecule has 25 heavy (non-hydrogen) atoms. The van der Waals surface area contributed by atoms with Gasteiger partial charge < -0.3 is 15.0 Å². The van der Waals surface area contributed by atoms with Gasteiger partial charge >= 0.3 is 0 Å². The van der Waals surface area contributed by atoms with Crippen LogP contribution in [0.5, 0.6) is 0 Å². The highest BCUT2D eigenvalue weighted by molar-refractivity contribution is 7.21. The fourth-order valence-corrected chi connectivity index (χ4v) is 4.31. The molecular weight excluding hydrogens is 366 g/mol. The third-order valence-corrected chi connectivity index (χ3v) is 5.88. The van der Waals surface area contributed by atoms with Gasteiger partial charge in [0.15, 0.2) is 0 Å². The van der Waals surface area contributed by atoms with Gasteiger partial charge in [0.2, 0.25) is 0 Å². The Balaban J connectivity index is 1.59. The summed E-state index contributed by atoms with van der Waals surface area (Å²) in [6.07, 6.45) is 0.884. The predicted molar refractivity (Wildman–Crippen MR) is 96.8 cm³/mol. The highest BCUT2D eigenvalue weighted by Crippen LogP contribution is 2.37. The minimum absolute atomic E-state index is 0.00846. The number of nitro groups is 1. The normalized spacial score (nSPS) is 15.4. The molecule has 1 saturated heterocycles. The number of hydrogen-bond acceptors (Lipinski definition) is 5. The molecule has 0 unspecified atom stereocenters. The van der Waals surface area contributed by atoms with Crippen molar-refractivity contribution in [2.24, 2.45) is 0 Å². The average molecular weight is 385 g/mol. The van der Waals surface area contributed by atoms with E-state index in [4.69, 9.17) is 16.3 Å². The molecule has 134 valence electrons. The quantitative estimate of drug-likeness (QED) is 0.449. The van der Waals surface area contributed by atoms with Gasteiger partial charge in [0.05, 0.1) is 29.7 Å². The molecule has 0 radical (unpaired) electrons. The number of benzene rings is 1. The number of ether oxygens (including phenoxy) is 1. The van der Waals surface area contributed by atoms with Crippen molar-refractivity contribution in [3.63, 3.8) is 0 Å². The summed E-state index contributed by atoms with van der Waals surface area (Å²) in [6.45, 7) is 5.18. The Bertz CT molecular complexity index is 789. The minimum Gasteiger partial charge on any atom is -0.370 e. The van der Waals surface area contributed by atoms with Crippen LogP contribution in [0.1, 0.15) is 16.1 Å². The van der Waals surface area contributed by atoms with Crippen LogP contribution < -0.4 is 10.2 Å². The summed E-state index contributed by atoms with van der Waals surface area (Å²) in [5.41, 5.74) is -0.00846. The van der Waals surface area contributed by atoms with E-state index in [1.807, 2.05) is 0 Å². The van der Waals surface area contributed by atoms with Gasteiger partial charge in [0.25, 0.3) is 11.6 Å². The molecule has 0 aliphatic carbocycles. The van der Waals surface area contributed by atoms with Crippen LogP contribution in [0.3, 0.4) is 0 Å². The monoisotopic (exact) mass is 384 g/mol. The molecule has 2 heterocycles. The van der Waals surface area contributed by atoms with Crippen molar-refractivity contribution in [1.29, 1.82) is 0 Å². The van der Waals surface area contributed by atoms with E-state index in [0.29, 0.717) is 26.5 Å². The third-order valence-electron chi connectivity index (χ3n) is 4.22. The molecule has 7 nitrogen and oxygen atoms in total. The van der Waals surface area contributed by atoms with Gasteiger partial charge in [-0.15, -0.1) is 11.3 Å². The van der Waals surface area contributed by atoms with Gasteiger partial charge in [0, 0.05) is 35.2 Å². The highest BCUT2D eigenvalue weighted by atomic mass is 35.5. The molecule has 3 rings (SSSR count). The van der Waals surface area contributed by atoms with E-state index in [1.54, 1.807) is 6.07 Å². The van der Waals surface area contributed by atoms with E-state index in [9.17, 15) is 14.9 Å². The molecule has 0 atom stereocenters. The number of amides is 1. The molecule has 1 amide bonds. The first-order chi connectivity index (χ1) is 12.1. The van der Waals surface area contributed by atoms with Crippen molar-refractivity contribution in [3.05, 3.63) is 38.2 Å². The number of fused-ring (bicyclic) bond motifs is 1. The van der Waals surface area contributed by atoms with Gasteiger partial charge in [-0.05, 0) is 6.07 Å². The number of rotatable bonds is 6. The molecule has 0 spiro atoms. The molecule has 1 aliphatic rings. The Hall–Kier alpha value is -1.74. The van der Waals surface area contributed by atoms with Crippen LogP contribution in [0, 0.1) is 10.1 Å². The standard InChI is InChI=1S/C16H18ClN3O4S/c17-14-12-3-2-11(20(22)23)10-13(12)25-15(14)16(21)18-4-1-5-19-6-8-24-9-7-19/h2-3,10H,1,4-9H2,(H,18,21)/p+1. The van der Waals surface area contributed by atoms with E-state index < -0.39 is 4.92 Å². The molecule has 1 aliphatic heterocycles. The Kier molecular flexibility index (Phi) is 5.85. The number of nitrogens with one attached hydrogen (secondary N) is 2. The molecule has 1 aromatic heterocycles. The van der Waals surface area contributed by atoms with Crippen molar-refractivity contribution in [1.82, 2.24) is 5.32 Å². The number of non-ortho nitro benzene ring substituents is 1. The SMILES string of the molecule is O=C(NCCC[NH+]1CCOCC1)c1sc2cc([N+](=O)[O-])ccc2c1Cl. The minimum atomic E-state index is -0.458. The van der Waals surface area contributed by atoms with Crippen LogP contribution in [0.25, 0.3) is 10.1 Å². The number of quaternary nitrogens is 1. The largest absolute Gasteiger partial charge is 0.370 e. The van der Waals surface area contributed by atoms with E-state index in [2.05, 4.69) is 5.32 Å². The summed E-state index contributed by atoms with van der Waals surface area (Å²) in [7, 11) is 0. The van der Waals surface area contributed by atoms with E-state index in [1.165, 1.54) is 28.4 Å². The summed E-state index contributed by atoms with van der Waals surface area (Å²) >= 11 is 7.46. The Morgan fingerprint density at radius 1 is 1.40 bits per heavy atom. The number of thiophene rings is 1. The lowest BCUT2D eigenvalue weighted by atomic mass is 10.2. The molecule has 2 aromatic rings. The summed E-state index contributed by atoms with van der Waals surface area (Å²) in [5, 5.41) is 14.8. The maximum Gasteiger partial charge on any atom is 0.270 e. The van der Waals surface area contributed by atoms with Gasteiger partial charge in [-0.1, -0.05) is 11.6 Å². The first-order valence-corrected chi connectivity index (χ1v) is 9.31. The second-order valence-electron chi connectivity index (χ2n) is 5.90. The van der Waals surface area contributed by atoms with Crippen molar-refractivity contribution in [3.8, 4) is 0 Å². The van der Waals surface area contributed by atoms with Crippen LogP contribution in [0.15, 0.2) is 18.2 Å². The van der Waals surface area contributed by atoms with Crippen molar-refractivity contribution in [2.75, 3.05) is 39.4 Å². The van der Waals surface area contributed by atoms with Gasteiger partial charge in [-0.3, -0.25) is 14.9 Å². The summed E-state index contributed by atoms with van der Waals surface area (Å²) in [4.78, 5) is 24.7. The zero-order chi connectivity index (χ0) is 17.8. The number of nitrogens with zero attached hydrogens (tertiary/aromatic N) is 1. The van der Waals surface area contributed by atoms with Crippen LogP contribution in [0.2, 0.25) is 5.02 Å². The van der Waals surface area contributed by atoms with E-state index in [-0.39, 0.29) is 11.6 Å². The van der Waals surface area contributed by atoms with Crippen LogP contribution >= 0.6 is 22.9 Å². The summed E-state index contributed by atoms with van der Waals surface area (Å²) in [5.74, 6) is -0.231. The Labute approximate surface area is 153 Å². The van der Waals surface area contributed by atoms with Gasteiger partial charge in [-0.25, -0.2) is 0 Å². The molecule has 1 aromatic carbocycles. The van der Waals surface area contributed by atoms with E-state index in [0.717, 1.165) is 39.3 Å². The molecule has 9 heteroatoms. The number of carbonyl (C=O) groups excluding carboxylic acids is 1. The summed E-state index contributed by atoms with van der Waals surface area (Å²) in [6, 6.07) is 4.43. The van der Waals surface area contributed by atoms with Crippen LogP contribution in [0.4, 0.5) is 5.69 Å². The van der Waals surface area contributed by atoms with Crippen LogP contribution in [-0.4, -0.2) is 50.2 Å². The second kappa shape index (κ2) is 8.09. The first kappa shape index (κ1) is 18.1. The summed E-state index contributed by atoms with van der Waals surface area (Å²) < 4.78 is 5.96. The topological polar surface area (TPSA) is 85.9 Å². The fourth-order valence-electron chi connectivity index (χ4n) is 2.84. The lowest BCUT2D eigenvalue weighted by molar-refractivity contribution is -0.908. The highest BCUT2D eigenvalue weighted by Gasteiger charge is 2.19. The Morgan fingerprint density at radius 3 is 2.88 bits per heavy atom. The van der Waals surface area contributed by atoms with Gasteiger partial charge in [-0.2, -0.15) is 0 Å². The number of hydrogen-bond donors (Lipinski definition) is 2. The van der Waals surface area contributed by atoms with Crippen molar-refractivity contribution < 1.29 is 19.4 Å². The zero-order valence-electron chi connectivity index (χ0n) is 13.5. The lowest BCUT2D eigenvalue weighted by Gasteiger charge is -2.23. The number of halogens is 1. The predicted octanol–water partition coefficient (Wildman–Crippen LogP) is 1.50. The molecule has 0 saturated carbocycles. The molecular formula is C16H19ClN3O4S+. The van der Waals surface area contributed by atoms with E-state index >= 15 is 0 Å². The lowest BCUT2D eigenvalue weighted by Crippen LogP contribution is -3.14.